The van der Waals surface area contributed by atoms with Crippen LogP contribution in [0.25, 0.3) is 0 Å². The zero-order valence-corrected chi connectivity index (χ0v) is 16.3. The van der Waals surface area contributed by atoms with E-state index in [0.717, 1.165) is 36.9 Å². The van der Waals surface area contributed by atoms with Gasteiger partial charge in [0.25, 0.3) is 0 Å². The molecule has 2 fully saturated rings. The number of fused-ring (bicyclic) bond motifs is 1. The molecule has 0 spiro atoms. The number of rotatable bonds is 6. The normalized spacial score (nSPS) is 28.5. The van der Waals surface area contributed by atoms with Crippen LogP contribution in [0.5, 0.6) is 0 Å². The minimum atomic E-state index is -3.34. The molecule has 3 rings (SSSR count). The van der Waals surface area contributed by atoms with Crippen LogP contribution < -0.4 is 5.32 Å². The average molecular weight is 385 g/mol. The highest BCUT2D eigenvalue weighted by Gasteiger charge is 2.55. The van der Waals surface area contributed by atoms with Crippen molar-refractivity contribution in [1.29, 1.82) is 0 Å². The number of carbonyl (C=O) groups is 1. The van der Waals surface area contributed by atoms with E-state index in [4.69, 9.17) is 4.74 Å². The highest BCUT2D eigenvalue weighted by molar-refractivity contribution is 7.89. The van der Waals surface area contributed by atoms with Crippen molar-refractivity contribution in [3.63, 3.8) is 0 Å². The Morgan fingerprint density at radius 2 is 2.27 bits per heavy atom. The van der Waals surface area contributed by atoms with Crippen LogP contribution in [-0.2, 0) is 26.1 Å². The van der Waals surface area contributed by atoms with Crippen molar-refractivity contribution >= 4 is 15.9 Å². The van der Waals surface area contributed by atoms with E-state index in [1.165, 1.54) is 4.31 Å². The number of aromatic amines is 1. The lowest BCUT2D eigenvalue weighted by molar-refractivity contribution is -0.137. The van der Waals surface area contributed by atoms with Crippen LogP contribution in [0.1, 0.15) is 43.4 Å². The Bertz CT molecular complexity index is 748. The fraction of sp³-hybridized carbons (Fsp3) is 0.765. The van der Waals surface area contributed by atoms with Crippen LogP contribution in [0.4, 0.5) is 0 Å². The first-order chi connectivity index (χ1) is 12.4. The summed E-state index contributed by atoms with van der Waals surface area (Å²) in [5.74, 6) is -0.0223. The molecular weight excluding hydrogens is 356 g/mol. The van der Waals surface area contributed by atoms with Crippen LogP contribution >= 0.6 is 0 Å². The molecule has 0 radical (unpaired) electrons. The van der Waals surface area contributed by atoms with Crippen molar-refractivity contribution in [2.75, 3.05) is 26.0 Å². The highest BCUT2D eigenvalue weighted by Crippen LogP contribution is 2.46. The number of nitrogens with one attached hydrogen (secondary N) is 2. The molecule has 1 amide bonds. The Labute approximate surface area is 154 Å². The summed E-state index contributed by atoms with van der Waals surface area (Å²) in [4.78, 5) is 13.2. The summed E-state index contributed by atoms with van der Waals surface area (Å²) < 4.78 is 31.9. The fourth-order valence-electron chi connectivity index (χ4n) is 4.31. The molecule has 9 heteroatoms. The van der Waals surface area contributed by atoms with Gasteiger partial charge in [0.15, 0.2) is 0 Å². The number of H-pyrrole nitrogens is 1. The van der Waals surface area contributed by atoms with E-state index in [0.29, 0.717) is 26.1 Å². The van der Waals surface area contributed by atoms with Gasteiger partial charge in [0.05, 0.1) is 24.0 Å². The molecule has 0 unspecified atom stereocenters. The van der Waals surface area contributed by atoms with E-state index < -0.39 is 15.4 Å². The summed E-state index contributed by atoms with van der Waals surface area (Å²) in [6, 6.07) is -0.282. The zero-order chi connectivity index (χ0) is 18.8. The molecule has 2 aliphatic rings. The van der Waals surface area contributed by atoms with E-state index in [-0.39, 0.29) is 17.7 Å². The summed E-state index contributed by atoms with van der Waals surface area (Å²) in [5, 5.41) is 9.88. The van der Waals surface area contributed by atoms with Crippen molar-refractivity contribution in [1.82, 2.24) is 19.8 Å². The predicted octanol–water partition coefficient (Wildman–Crippen LogP) is 0.945. The number of carbonyl (C=O) groups excluding carboxylic acids is 1. The lowest BCUT2D eigenvalue weighted by Crippen LogP contribution is -2.63. The fourth-order valence-corrected chi connectivity index (χ4v) is 6.22. The maximum absolute atomic E-state index is 13.2. The van der Waals surface area contributed by atoms with Gasteiger partial charge in [-0.1, -0.05) is 12.8 Å². The molecule has 0 bridgehead atoms. The van der Waals surface area contributed by atoms with Gasteiger partial charge < -0.3 is 10.1 Å². The van der Waals surface area contributed by atoms with Gasteiger partial charge in [-0.3, -0.25) is 9.89 Å². The summed E-state index contributed by atoms with van der Waals surface area (Å²) >= 11 is 0. The van der Waals surface area contributed by atoms with Crippen LogP contribution in [0.2, 0.25) is 0 Å². The number of aryl methyl sites for hydroxylation is 1. The minimum Gasteiger partial charge on any atom is -0.383 e. The van der Waals surface area contributed by atoms with Gasteiger partial charge in [-0.2, -0.15) is 9.40 Å². The Hall–Kier alpha value is -1.45. The molecule has 1 aromatic heterocycles. The van der Waals surface area contributed by atoms with Crippen LogP contribution in [-0.4, -0.2) is 60.9 Å². The van der Waals surface area contributed by atoms with Gasteiger partial charge in [-0.25, -0.2) is 8.42 Å². The molecule has 0 aromatic carbocycles. The second-order valence-corrected chi connectivity index (χ2v) is 9.33. The van der Waals surface area contributed by atoms with E-state index in [1.54, 1.807) is 13.3 Å². The SMILES string of the molecule is COCCN1[C@@H]2CCCC[C@@]2(C(=O)NCc2cn[nH]c2C)CCS1(=O)=O. The van der Waals surface area contributed by atoms with Gasteiger partial charge in [0.1, 0.15) is 0 Å². The number of ether oxygens (including phenoxy) is 1. The van der Waals surface area contributed by atoms with E-state index >= 15 is 0 Å². The van der Waals surface area contributed by atoms with Crippen molar-refractivity contribution in [3.8, 4) is 0 Å². The summed E-state index contributed by atoms with van der Waals surface area (Å²) in [6.07, 6.45) is 5.45. The van der Waals surface area contributed by atoms with Gasteiger partial charge in [0.2, 0.25) is 15.9 Å². The van der Waals surface area contributed by atoms with Crippen molar-refractivity contribution in [2.24, 2.45) is 5.41 Å². The number of nitrogens with zero attached hydrogens (tertiary/aromatic N) is 2. The third-order valence-corrected chi connectivity index (χ3v) is 7.71. The number of hydrogen-bond acceptors (Lipinski definition) is 5. The number of hydrogen-bond donors (Lipinski definition) is 2. The summed E-state index contributed by atoms with van der Waals surface area (Å²) in [6.45, 7) is 2.96. The lowest BCUT2D eigenvalue weighted by atomic mass is 9.67. The molecule has 8 nitrogen and oxygen atoms in total. The maximum atomic E-state index is 13.2. The molecular formula is C17H28N4O4S. The molecule has 2 N–H and O–H groups in total. The van der Waals surface area contributed by atoms with Crippen LogP contribution in [0.15, 0.2) is 6.20 Å². The first-order valence-electron chi connectivity index (χ1n) is 9.16. The lowest BCUT2D eigenvalue weighted by Gasteiger charge is -2.50. The first kappa shape index (κ1) is 19.3. The van der Waals surface area contributed by atoms with Gasteiger partial charge in [-0.05, 0) is 26.2 Å². The number of sulfonamides is 1. The Morgan fingerprint density at radius 1 is 1.46 bits per heavy atom. The van der Waals surface area contributed by atoms with Crippen LogP contribution in [0, 0.1) is 12.3 Å². The van der Waals surface area contributed by atoms with Gasteiger partial charge >= 0.3 is 0 Å². The number of aromatic nitrogens is 2. The van der Waals surface area contributed by atoms with Crippen molar-refractivity contribution in [3.05, 3.63) is 17.5 Å². The van der Waals surface area contributed by atoms with E-state index in [1.807, 2.05) is 6.92 Å². The van der Waals surface area contributed by atoms with E-state index in [2.05, 4.69) is 15.5 Å². The molecule has 1 aliphatic carbocycles. The largest absolute Gasteiger partial charge is 0.383 e. The standard InChI is InChI=1S/C17H28N4O4S/c1-13-14(12-19-20-13)11-18-16(22)17-6-4-3-5-15(17)21(8-9-25-2)26(23,24)10-7-17/h12,15H,3-11H2,1-2H3,(H,18,22)(H,19,20)/t15-,17-/m1/s1. The first-order valence-corrected chi connectivity index (χ1v) is 10.8. The second-order valence-electron chi connectivity index (χ2n) is 7.29. The Kier molecular flexibility index (Phi) is 5.69. The van der Waals surface area contributed by atoms with E-state index in [9.17, 15) is 13.2 Å². The predicted molar refractivity (Wildman–Crippen MR) is 96.8 cm³/mol. The maximum Gasteiger partial charge on any atom is 0.228 e. The van der Waals surface area contributed by atoms with Crippen LogP contribution in [0.3, 0.4) is 0 Å². The molecule has 1 saturated heterocycles. The summed E-state index contributed by atoms with van der Waals surface area (Å²) in [5.41, 5.74) is 1.23. The Morgan fingerprint density at radius 3 is 2.96 bits per heavy atom. The van der Waals surface area contributed by atoms with Gasteiger partial charge in [0, 0.05) is 37.5 Å². The summed E-state index contributed by atoms with van der Waals surface area (Å²) in [7, 11) is -1.78. The molecule has 1 aromatic rings. The second kappa shape index (κ2) is 7.66. The topological polar surface area (TPSA) is 104 Å². The molecule has 1 saturated carbocycles. The quantitative estimate of drug-likeness (QED) is 0.760. The number of methoxy groups -OCH3 is 1. The molecule has 146 valence electrons. The number of amides is 1. The minimum absolute atomic E-state index is 0.0192. The smallest absolute Gasteiger partial charge is 0.228 e. The Balaban J connectivity index is 1.82. The third kappa shape index (κ3) is 3.52. The molecule has 26 heavy (non-hydrogen) atoms. The molecule has 2 heterocycles. The zero-order valence-electron chi connectivity index (χ0n) is 15.5. The molecule has 1 aliphatic heterocycles. The third-order valence-electron chi connectivity index (χ3n) is 5.84. The highest BCUT2D eigenvalue weighted by atomic mass is 32.2. The monoisotopic (exact) mass is 384 g/mol. The average Bonchev–Trinajstić information content (AvgIpc) is 3.03. The van der Waals surface area contributed by atoms with Gasteiger partial charge in [-0.15, -0.1) is 0 Å². The van der Waals surface area contributed by atoms with Crippen molar-refractivity contribution in [2.45, 2.75) is 51.6 Å². The van der Waals surface area contributed by atoms with Crippen molar-refractivity contribution < 1.29 is 17.9 Å². The molecule has 2 atom stereocenters.